The van der Waals surface area contributed by atoms with Crippen LogP contribution in [0.15, 0.2) is 24.3 Å². The summed E-state index contributed by atoms with van der Waals surface area (Å²) in [6, 6.07) is 6.72. The third kappa shape index (κ3) is 9.10. The van der Waals surface area contributed by atoms with Crippen LogP contribution < -0.4 is 16.0 Å². The van der Waals surface area contributed by atoms with E-state index in [0.717, 1.165) is 19.4 Å². The van der Waals surface area contributed by atoms with Gasteiger partial charge in [-0.1, -0.05) is 20.8 Å². The van der Waals surface area contributed by atoms with Crippen molar-refractivity contribution in [1.29, 1.82) is 0 Å². The number of urea groups is 1. The third-order valence-corrected chi connectivity index (χ3v) is 3.60. The highest BCUT2D eigenvalue weighted by molar-refractivity contribution is 5.95. The molecule has 1 atom stereocenters. The van der Waals surface area contributed by atoms with Crippen LogP contribution in [0.4, 0.5) is 10.5 Å². The van der Waals surface area contributed by atoms with Gasteiger partial charge >= 0.3 is 6.03 Å². The summed E-state index contributed by atoms with van der Waals surface area (Å²) in [5, 5.41) is 8.43. The lowest BCUT2D eigenvalue weighted by Crippen LogP contribution is -2.32. The van der Waals surface area contributed by atoms with Crippen molar-refractivity contribution < 1.29 is 14.3 Å². The molecule has 0 radical (unpaired) electrons. The number of carbonyl (C=O) groups is 2. The molecule has 0 spiro atoms. The van der Waals surface area contributed by atoms with E-state index in [1.54, 1.807) is 24.3 Å². The second-order valence-electron chi connectivity index (χ2n) is 6.56. The first-order valence-corrected chi connectivity index (χ1v) is 8.95. The first-order valence-electron chi connectivity index (χ1n) is 8.95. The Bertz CT molecular complexity index is 529. The van der Waals surface area contributed by atoms with Crippen molar-refractivity contribution in [3.8, 4) is 0 Å². The van der Waals surface area contributed by atoms with Crippen LogP contribution >= 0.6 is 0 Å². The van der Waals surface area contributed by atoms with Crippen LogP contribution in [-0.2, 0) is 4.74 Å². The van der Waals surface area contributed by atoms with Crippen LogP contribution in [0, 0.1) is 5.92 Å². The Morgan fingerprint density at radius 2 is 1.80 bits per heavy atom. The zero-order valence-corrected chi connectivity index (χ0v) is 15.7. The molecule has 0 heterocycles. The number of amides is 3. The maximum atomic E-state index is 12.0. The summed E-state index contributed by atoms with van der Waals surface area (Å²) in [4.78, 5) is 23.8. The molecule has 0 fully saturated rings. The third-order valence-electron chi connectivity index (χ3n) is 3.60. The van der Waals surface area contributed by atoms with Crippen LogP contribution in [-0.4, -0.2) is 37.7 Å². The smallest absolute Gasteiger partial charge is 0.319 e. The van der Waals surface area contributed by atoms with E-state index in [4.69, 9.17) is 4.74 Å². The summed E-state index contributed by atoms with van der Waals surface area (Å²) in [6.07, 6.45) is 1.66. The summed E-state index contributed by atoms with van der Waals surface area (Å²) < 4.78 is 5.46. The van der Waals surface area contributed by atoms with Crippen molar-refractivity contribution in [3.63, 3.8) is 0 Å². The highest BCUT2D eigenvalue weighted by atomic mass is 16.5. The summed E-state index contributed by atoms with van der Waals surface area (Å²) in [5.41, 5.74) is 1.22. The highest BCUT2D eigenvalue weighted by Gasteiger charge is 2.08. The SMILES string of the molecule is CCC(C)NC(=O)c1ccc(NC(=O)NCCCOCC(C)C)cc1. The zero-order chi connectivity index (χ0) is 18.7. The molecule has 0 aromatic heterocycles. The minimum absolute atomic E-state index is 0.105. The van der Waals surface area contributed by atoms with E-state index in [2.05, 4.69) is 29.8 Å². The molecule has 0 aliphatic heterocycles. The lowest BCUT2D eigenvalue weighted by molar-refractivity contribution is 0.0939. The van der Waals surface area contributed by atoms with E-state index < -0.39 is 0 Å². The van der Waals surface area contributed by atoms with E-state index >= 15 is 0 Å². The van der Waals surface area contributed by atoms with E-state index in [-0.39, 0.29) is 18.0 Å². The molecule has 1 aromatic rings. The van der Waals surface area contributed by atoms with Gasteiger partial charge in [0.15, 0.2) is 0 Å². The molecule has 3 N–H and O–H groups in total. The van der Waals surface area contributed by atoms with Crippen LogP contribution in [0.3, 0.4) is 0 Å². The van der Waals surface area contributed by atoms with Crippen molar-refractivity contribution in [1.82, 2.24) is 10.6 Å². The number of benzene rings is 1. The Labute approximate surface area is 150 Å². The van der Waals surface area contributed by atoms with E-state index in [1.807, 2.05) is 13.8 Å². The zero-order valence-electron chi connectivity index (χ0n) is 15.7. The number of ether oxygens (including phenoxy) is 1. The molecule has 1 rings (SSSR count). The van der Waals surface area contributed by atoms with Gasteiger partial charge in [0.05, 0.1) is 0 Å². The fraction of sp³-hybridized carbons (Fsp3) is 0.579. The van der Waals surface area contributed by atoms with Gasteiger partial charge in [-0.15, -0.1) is 0 Å². The number of nitrogens with one attached hydrogen (secondary N) is 3. The van der Waals surface area contributed by atoms with Gasteiger partial charge < -0.3 is 20.7 Å². The Kier molecular flexibility index (Phi) is 9.62. The molecule has 0 saturated heterocycles. The molecular formula is C19H31N3O3. The molecule has 25 heavy (non-hydrogen) atoms. The first-order chi connectivity index (χ1) is 11.9. The molecular weight excluding hydrogens is 318 g/mol. The molecule has 1 unspecified atom stereocenters. The lowest BCUT2D eigenvalue weighted by Gasteiger charge is -2.12. The molecule has 6 heteroatoms. The maximum Gasteiger partial charge on any atom is 0.319 e. The predicted octanol–water partition coefficient (Wildman–Crippen LogP) is 3.40. The Morgan fingerprint density at radius 1 is 1.12 bits per heavy atom. The van der Waals surface area contributed by atoms with Gasteiger partial charge in [-0.05, 0) is 49.9 Å². The van der Waals surface area contributed by atoms with Crippen molar-refractivity contribution in [2.45, 2.75) is 46.6 Å². The molecule has 140 valence electrons. The molecule has 6 nitrogen and oxygen atoms in total. The van der Waals surface area contributed by atoms with E-state index in [1.165, 1.54) is 0 Å². The minimum atomic E-state index is -0.263. The highest BCUT2D eigenvalue weighted by Crippen LogP contribution is 2.10. The van der Waals surface area contributed by atoms with Crippen molar-refractivity contribution >= 4 is 17.6 Å². The Balaban J connectivity index is 2.30. The average Bonchev–Trinajstić information content (AvgIpc) is 2.58. The van der Waals surface area contributed by atoms with Crippen LogP contribution in [0.5, 0.6) is 0 Å². The standard InChI is InChI=1S/C19H31N3O3/c1-5-15(4)21-18(23)16-7-9-17(10-8-16)22-19(24)20-11-6-12-25-13-14(2)3/h7-10,14-15H,5-6,11-13H2,1-4H3,(H,21,23)(H2,20,22,24). The normalized spacial score (nSPS) is 11.9. The van der Waals surface area contributed by atoms with Gasteiger partial charge in [0.1, 0.15) is 0 Å². The number of rotatable bonds is 10. The summed E-state index contributed by atoms with van der Waals surface area (Å²) in [5.74, 6) is 0.415. The van der Waals surface area contributed by atoms with Crippen molar-refractivity contribution in [2.75, 3.05) is 25.1 Å². The van der Waals surface area contributed by atoms with Crippen LogP contribution in [0.1, 0.15) is 50.9 Å². The average molecular weight is 349 g/mol. The van der Waals surface area contributed by atoms with Gasteiger partial charge in [-0.25, -0.2) is 4.79 Å². The van der Waals surface area contributed by atoms with Crippen LogP contribution in [0.2, 0.25) is 0 Å². The molecule has 1 aromatic carbocycles. The second kappa shape index (κ2) is 11.5. The fourth-order valence-corrected chi connectivity index (χ4v) is 1.98. The molecule has 0 bridgehead atoms. The molecule has 0 saturated carbocycles. The van der Waals surface area contributed by atoms with E-state index in [0.29, 0.717) is 30.3 Å². The largest absolute Gasteiger partial charge is 0.381 e. The lowest BCUT2D eigenvalue weighted by atomic mass is 10.1. The monoisotopic (exact) mass is 349 g/mol. The van der Waals surface area contributed by atoms with Crippen molar-refractivity contribution in [2.24, 2.45) is 5.92 Å². The molecule has 3 amide bonds. The minimum Gasteiger partial charge on any atom is -0.381 e. The van der Waals surface area contributed by atoms with Crippen LogP contribution in [0.25, 0.3) is 0 Å². The molecule has 0 aliphatic rings. The Morgan fingerprint density at radius 3 is 2.40 bits per heavy atom. The van der Waals surface area contributed by atoms with Gasteiger partial charge in [0.25, 0.3) is 5.91 Å². The van der Waals surface area contributed by atoms with Gasteiger partial charge in [-0.2, -0.15) is 0 Å². The second-order valence-corrected chi connectivity index (χ2v) is 6.56. The number of hydrogen-bond acceptors (Lipinski definition) is 3. The van der Waals surface area contributed by atoms with Gasteiger partial charge in [0.2, 0.25) is 0 Å². The Hall–Kier alpha value is -2.08. The number of hydrogen-bond donors (Lipinski definition) is 3. The molecule has 0 aliphatic carbocycles. The number of carbonyl (C=O) groups excluding carboxylic acids is 2. The van der Waals surface area contributed by atoms with E-state index in [9.17, 15) is 9.59 Å². The summed E-state index contributed by atoms with van der Waals surface area (Å²) >= 11 is 0. The van der Waals surface area contributed by atoms with Crippen molar-refractivity contribution in [3.05, 3.63) is 29.8 Å². The quantitative estimate of drug-likeness (QED) is 0.566. The van der Waals surface area contributed by atoms with Gasteiger partial charge in [-0.3, -0.25) is 4.79 Å². The summed E-state index contributed by atoms with van der Waals surface area (Å²) in [7, 11) is 0. The summed E-state index contributed by atoms with van der Waals surface area (Å²) in [6.45, 7) is 10.1. The number of anilines is 1. The topological polar surface area (TPSA) is 79.5 Å². The predicted molar refractivity (Wildman–Crippen MR) is 101 cm³/mol. The van der Waals surface area contributed by atoms with Gasteiger partial charge in [0, 0.05) is 37.1 Å². The first kappa shape index (κ1) is 21.0. The maximum absolute atomic E-state index is 12.0. The fourth-order valence-electron chi connectivity index (χ4n) is 1.98.